The van der Waals surface area contributed by atoms with Crippen LogP contribution in [0, 0.1) is 0 Å². The van der Waals surface area contributed by atoms with E-state index >= 15 is 0 Å². The number of piperidine rings is 1. The molecule has 1 aromatic carbocycles. The van der Waals surface area contributed by atoms with Gasteiger partial charge in [-0.05, 0) is 38.0 Å². The summed E-state index contributed by atoms with van der Waals surface area (Å²) >= 11 is 0. The van der Waals surface area contributed by atoms with Crippen LogP contribution in [0.1, 0.15) is 26.2 Å². The number of amides is 1. The number of hydrogen-bond acceptors (Lipinski definition) is 4. The number of benzene rings is 1. The van der Waals surface area contributed by atoms with Gasteiger partial charge in [-0.15, -0.1) is 0 Å². The van der Waals surface area contributed by atoms with Crippen LogP contribution in [-0.2, 0) is 14.8 Å². The molecule has 1 aliphatic heterocycles. The minimum atomic E-state index is -3.25. The maximum absolute atomic E-state index is 12.0. The number of hydrogen-bond donors (Lipinski definition) is 1. The number of nitrogens with zero attached hydrogens (tertiary/aromatic N) is 2. The number of nitrogens with one attached hydrogen (secondary N) is 1. The van der Waals surface area contributed by atoms with Gasteiger partial charge in [-0.3, -0.25) is 4.79 Å². The molecule has 0 aliphatic carbocycles. The lowest BCUT2D eigenvalue weighted by atomic mass is 10.1. The highest BCUT2D eigenvalue weighted by Crippen LogP contribution is 2.24. The van der Waals surface area contributed by atoms with Crippen LogP contribution in [0.5, 0.6) is 0 Å². The van der Waals surface area contributed by atoms with Gasteiger partial charge in [0, 0.05) is 44.5 Å². The molecule has 1 atom stereocenters. The Balaban J connectivity index is 2.06. The van der Waals surface area contributed by atoms with Crippen LogP contribution >= 0.6 is 0 Å². The Morgan fingerprint density at radius 1 is 1.30 bits per heavy atom. The third-order valence-corrected chi connectivity index (χ3v) is 5.95. The Morgan fingerprint density at radius 2 is 2.04 bits per heavy atom. The van der Waals surface area contributed by atoms with E-state index in [-0.39, 0.29) is 17.7 Å². The summed E-state index contributed by atoms with van der Waals surface area (Å²) in [4.78, 5) is 13.8. The van der Waals surface area contributed by atoms with Crippen LogP contribution < -0.4 is 10.2 Å². The van der Waals surface area contributed by atoms with Crippen molar-refractivity contribution in [2.75, 3.05) is 36.6 Å². The fourth-order valence-electron chi connectivity index (χ4n) is 2.63. The molecule has 1 aromatic rings. The maximum Gasteiger partial charge on any atom is 0.226 e. The van der Waals surface area contributed by atoms with Crippen molar-refractivity contribution < 1.29 is 13.2 Å². The number of sulfonamides is 1. The zero-order chi connectivity index (χ0) is 17.0. The van der Waals surface area contributed by atoms with Crippen LogP contribution in [-0.4, -0.2) is 51.1 Å². The summed E-state index contributed by atoms with van der Waals surface area (Å²) < 4.78 is 25.1. The summed E-state index contributed by atoms with van der Waals surface area (Å²) in [7, 11) is -0.186. The molecule has 0 spiro atoms. The molecule has 128 valence electrons. The van der Waals surface area contributed by atoms with Crippen molar-refractivity contribution in [3.8, 4) is 0 Å². The van der Waals surface area contributed by atoms with Crippen molar-refractivity contribution in [3.05, 3.63) is 24.3 Å². The zero-order valence-electron chi connectivity index (χ0n) is 13.9. The summed E-state index contributed by atoms with van der Waals surface area (Å²) in [6, 6.07) is 7.36. The Morgan fingerprint density at radius 3 is 2.70 bits per heavy atom. The number of carbonyl (C=O) groups excluding carboxylic acids is 1. The van der Waals surface area contributed by atoms with Crippen molar-refractivity contribution in [1.82, 2.24) is 4.31 Å². The van der Waals surface area contributed by atoms with E-state index in [1.54, 1.807) is 4.90 Å². The number of anilines is 2. The third kappa shape index (κ3) is 4.68. The second kappa shape index (κ2) is 7.31. The molecule has 1 amide bonds. The minimum absolute atomic E-state index is 0.0207. The molecule has 1 unspecified atom stereocenters. The lowest BCUT2D eigenvalue weighted by Crippen LogP contribution is -2.35. The molecular formula is C16H25N3O3S. The number of carbonyl (C=O) groups is 1. The van der Waals surface area contributed by atoms with Gasteiger partial charge in [0.25, 0.3) is 0 Å². The van der Waals surface area contributed by atoms with Crippen molar-refractivity contribution in [3.63, 3.8) is 0 Å². The molecular weight excluding hydrogens is 314 g/mol. The molecule has 1 saturated heterocycles. The molecule has 23 heavy (non-hydrogen) atoms. The van der Waals surface area contributed by atoms with Gasteiger partial charge >= 0.3 is 0 Å². The SMILES string of the molecule is CC(CS(=O)(=O)N(C)C)Nc1cccc(N2CCCCC2=O)c1. The van der Waals surface area contributed by atoms with Crippen molar-refractivity contribution in [2.45, 2.75) is 32.2 Å². The number of rotatable bonds is 6. The second-order valence-corrected chi connectivity index (χ2v) is 8.39. The van der Waals surface area contributed by atoms with E-state index in [0.29, 0.717) is 6.42 Å². The topological polar surface area (TPSA) is 69.7 Å². The van der Waals surface area contributed by atoms with Crippen molar-refractivity contribution >= 4 is 27.3 Å². The van der Waals surface area contributed by atoms with Crippen LogP contribution in [0.2, 0.25) is 0 Å². The molecule has 0 aromatic heterocycles. The summed E-state index contributed by atoms with van der Waals surface area (Å²) in [6.45, 7) is 2.58. The molecule has 0 radical (unpaired) electrons. The largest absolute Gasteiger partial charge is 0.381 e. The Bertz CT molecular complexity index is 658. The monoisotopic (exact) mass is 339 g/mol. The van der Waals surface area contributed by atoms with E-state index in [1.807, 2.05) is 31.2 Å². The first-order chi connectivity index (χ1) is 10.8. The summed E-state index contributed by atoms with van der Waals surface area (Å²) in [6.07, 6.45) is 2.56. The normalized spacial score (nSPS) is 17.4. The minimum Gasteiger partial charge on any atom is -0.381 e. The van der Waals surface area contributed by atoms with Crippen molar-refractivity contribution in [1.29, 1.82) is 0 Å². The standard InChI is InChI=1S/C16H25N3O3S/c1-13(12-23(21,22)18(2)3)17-14-7-6-8-15(11-14)19-10-5-4-9-16(19)20/h6-8,11,13,17H,4-5,9-10,12H2,1-3H3. The Labute approximate surface area is 138 Å². The van der Waals surface area contributed by atoms with Crippen LogP contribution in [0.3, 0.4) is 0 Å². The molecule has 0 saturated carbocycles. The van der Waals surface area contributed by atoms with Gasteiger partial charge in [-0.1, -0.05) is 6.07 Å². The Kier molecular flexibility index (Phi) is 5.64. The predicted octanol–water partition coefficient (Wildman–Crippen LogP) is 1.90. The molecule has 0 bridgehead atoms. The third-order valence-electron chi connectivity index (χ3n) is 3.91. The van der Waals surface area contributed by atoms with E-state index in [4.69, 9.17) is 0 Å². The molecule has 1 fully saturated rings. The first-order valence-corrected chi connectivity index (χ1v) is 9.47. The van der Waals surface area contributed by atoms with Gasteiger partial charge in [-0.2, -0.15) is 0 Å². The average Bonchev–Trinajstić information content (AvgIpc) is 2.47. The molecule has 2 rings (SSSR count). The fourth-order valence-corrected chi connectivity index (χ4v) is 3.65. The molecule has 1 aliphatic rings. The highest BCUT2D eigenvalue weighted by atomic mass is 32.2. The average molecular weight is 339 g/mol. The fraction of sp³-hybridized carbons (Fsp3) is 0.562. The van der Waals surface area contributed by atoms with Crippen LogP contribution in [0.25, 0.3) is 0 Å². The summed E-state index contributed by atoms with van der Waals surface area (Å²) in [5.41, 5.74) is 1.68. The first-order valence-electron chi connectivity index (χ1n) is 7.87. The van der Waals surface area contributed by atoms with Gasteiger partial charge in [0.2, 0.25) is 15.9 Å². The van der Waals surface area contributed by atoms with E-state index in [1.165, 1.54) is 18.4 Å². The predicted molar refractivity (Wildman–Crippen MR) is 93.2 cm³/mol. The van der Waals surface area contributed by atoms with Crippen molar-refractivity contribution in [2.24, 2.45) is 0 Å². The zero-order valence-corrected chi connectivity index (χ0v) is 14.8. The molecule has 6 nitrogen and oxygen atoms in total. The van der Waals surface area contributed by atoms with Gasteiger partial charge in [0.1, 0.15) is 0 Å². The second-order valence-electron chi connectivity index (χ2n) is 6.16. The Hall–Kier alpha value is -1.60. The molecule has 7 heteroatoms. The highest BCUT2D eigenvalue weighted by Gasteiger charge is 2.21. The van der Waals surface area contributed by atoms with Gasteiger partial charge in [0.15, 0.2) is 0 Å². The quantitative estimate of drug-likeness (QED) is 0.859. The molecule has 1 N–H and O–H groups in total. The summed E-state index contributed by atoms with van der Waals surface area (Å²) in [5, 5.41) is 3.20. The van der Waals surface area contributed by atoms with E-state index in [2.05, 4.69) is 5.32 Å². The maximum atomic E-state index is 12.0. The molecule has 1 heterocycles. The van der Waals surface area contributed by atoms with E-state index in [0.717, 1.165) is 30.8 Å². The van der Waals surface area contributed by atoms with E-state index < -0.39 is 10.0 Å². The summed E-state index contributed by atoms with van der Waals surface area (Å²) in [5.74, 6) is 0.170. The lowest BCUT2D eigenvalue weighted by Gasteiger charge is -2.27. The smallest absolute Gasteiger partial charge is 0.226 e. The van der Waals surface area contributed by atoms with Gasteiger partial charge in [-0.25, -0.2) is 12.7 Å². The highest BCUT2D eigenvalue weighted by molar-refractivity contribution is 7.89. The van der Waals surface area contributed by atoms with Crippen LogP contribution in [0.15, 0.2) is 24.3 Å². The van der Waals surface area contributed by atoms with Gasteiger partial charge < -0.3 is 10.2 Å². The lowest BCUT2D eigenvalue weighted by molar-refractivity contribution is -0.119. The van der Waals surface area contributed by atoms with Crippen LogP contribution in [0.4, 0.5) is 11.4 Å². The van der Waals surface area contributed by atoms with Gasteiger partial charge in [0.05, 0.1) is 5.75 Å². The first kappa shape index (κ1) is 17.7. The van der Waals surface area contributed by atoms with E-state index in [9.17, 15) is 13.2 Å².